The molecule has 1 unspecified atom stereocenters. The molecule has 0 aromatic carbocycles. The van der Waals surface area contributed by atoms with Crippen molar-refractivity contribution in [2.24, 2.45) is 0 Å². The monoisotopic (exact) mass is 150 g/mol. The van der Waals surface area contributed by atoms with E-state index in [-0.39, 0.29) is 5.44 Å². The SMILES string of the molecule is CCOCOC(S)CC. The minimum absolute atomic E-state index is 0.0246. The molecule has 0 radical (unpaired) electrons. The fourth-order valence-corrected chi connectivity index (χ4v) is 0.389. The Labute approximate surface area is 61.9 Å². The Kier molecular flexibility index (Phi) is 6.58. The average Bonchev–Trinajstić information content (AvgIpc) is 1.89. The zero-order valence-electron chi connectivity index (χ0n) is 5.96. The summed E-state index contributed by atoms with van der Waals surface area (Å²) < 4.78 is 10.0. The first-order chi connectivity index (χ1) is 4.31. The van der Waals surface area contributed by atoms with E-state index in [1.807, 2.05) is 13.8 Å². The van der Waals surface area contributed by atoms with E-state index in [2.05, 4.69) is 12.6 Å². The van der Waals surface area contributed by atoms with Crippen molar-refractivity contribution in [3.8, 4) is 0 Å². The molecule has 0 aromatic rings. The smallest absolute Gasteiger partial charge is 0.148 e. The Balaban J connectivity index is 2.88. The van der Waals surface area contributed by atoms with Gasteiger partial charge in [-0.2, -0.15) is 0 Å². The van der Waals surface area contributed by atoms with Crippen molar-refractivity contribution < 1.29 is 9.47 Å². The van der Waals surface area contributed by atoms with E-state index in [1.54, 1.807) is 0 Å². The standard InChI is InChI=1S/C6H14O2S/c1-3-6(9)8-5-7-4-2/h6,9H,3-5H2,1-2H3. The van der Waals surface area contributed by atoms with Gasteiger partial charge < -0.3 is 9.47 Å². The van der Waals surface area contributed by atoms with Crippen LogP contribution in [0.3, 0.4) is 0 Å². The molecule has 0 amide bonds. The molecule has 0 aromatic heterocycles. The highest BCUT2D eigenvalue weighted by atomic mass is 32.1. The molecule has 0 saturated heterocycles. The normalized spacial score (nSPS) is 13.7. The van der Waals surface area contributed by atoms with Gasteiger partial charge in [-0.15, -0.1) is 12.6 Å². The molecular weight excluding hydrogens is 136 g/mol. The van der Waals surface area contributed by atoms with Crippen molar-refractivity contribution in [2.45, 2.75) is 25.7 Å². The highest BCUT2D eigenvalue weighted by Gasteiger charge is 1.96. The minimum Gasteiger partial charge on any atom is -0.356 e. The first kappa shape index (κ1) is 9.27. The lowest BCUT2D eigenvalue weighted by molar-refractivity contribution is -0.0593. The zero-order valence-corrected chi connectivity index (χ0v) is 6.86. The molecule has 0 heterocycles. The first-order valence-electron chi connectivity index (χ1n) is 3.18. The molecule has 9 heavy (non-hydrogen) atoms. The van der Waals surface area contributed by atoms with Gasteiger partial charge in [0.1, 0.15) is 12.2 Å². The van der Waals surface area contributed by atoms with E-state index in [0.29, 0.717) is 13.4 Å². The average molecular weight is 150 g/mol. The molecule has 0 saturated carbocycles. The largest absolute Gasteiger partial charge is 0.356 e. The first-order valence-corrected chi connectivity index (χ1v) is 3.70. The number of thiol groups is 1. The van der Waals surface area contributed by atoms with Gasteiger partial charge in [0.25, 0.3) is 0 Å². The Morgan fingerprint density at radius 3 is 2.56 bits per heavy atom. The van der Waals surface area contributed by atoms with Crippen molar-refractivity contribution in [1.82, 2.24) is 0 Å². The number of hydrogen-bond acceptors (Lipinski definition) is 3. The summed E-state index contributed by atoms with van der Waals surface area (Å²) in [7, 11) is 0. The van der Waals surface area contributed by atoms with E-state index >= 15 is 0 Å². The van der Waals surface area contributed by atoms with Gasteiger partial charge in [-0.1, -0.05) is 6.92 Å². The van der Waals surface area contributed by atoms with Crippen LogP contribution in [0.2, 0.25) is 0 Å². The summed E-state index contributed by atoms with van der Waals surface area (Å²) in [5.74, 6) is 0. The van der Waals surface area contributed by atoms with Crippen LogP contribution in [0.15, 0.2) is 0 Å². The molecule has 0 spiro atoms. The van der Waals surface area contributed by atoms with Crippen molar-refractivity contribution in [3.63, 3.8) is 0 Å². The van der Waals surface area contributed by atoms with Crippen LogP contribution in [0.1, 0.15) is 20.3 Å². The second kappa shape index (κ2) is 6.39. The predicted molar refractivity (Wildman–Crippen MR) is 40.6 cm³/mol. The fraction of sp³-hybridized carbons (Fsp3) is 1.00. The molecule has 0 fully saturated rings. The van der Waals surface area contributed by atoms with Crippen LogP contribution < -0.4 is 0 Å². The summed E-state index contributed by atoms with van der Waals surface area (Å²) in [5.41, 5.74) is 0.0246. The highest BCUT2D eigenvalue weighted by molar-refractivity contribution is 7.80. The molecular formula is C6H14O2S. The van der Waals surface area contributed by atoms with Crippen molar-refractivity contribution in [2.75, 3.05) is 13.4 Å². The molecule has 1 atom stereocenters. The summed E-state index contributed by atoms with van der Waals surface area (Å²) in [6, 6.07) is 0. The lowest BCUT2D eigenvalue weighted by atomic mass is 10.5. The summed E-state index contributed by atoms with van der Waals surface area (Å²) >= 11 is 4.10. The van der Waals surface area contributed by atoms with Crippen LogP contribution >= 0.6 is 12.6 Å². The molecule has 0 aliphatic rings. The number of rotatable bonds is 5. The molecule has 0 aliphatic carbocycles. The topological polar surface area (TPSA) is 18.5 Å². The van der Waals surface area contributed by atoms with Gasteiger partial charge in [0.15, 0.2) is 0 Å². The Hall–Kier alpha value is 0.270. The van der Waals surface area contributed by atoms with Gasteiger partial charge in [-0.05, 0) is 13.3 Å². The Morgan fingerprint density at radius 1 is 1.44 bits per heavy atom. The maximum Gasteiger partial charge on any atom is 0.148 e. The third-order valence-corrected chi connectivity index (χ3v) is 1.41. The van der Waals surface area contributed by atoms with Crippen LogP contribution in [-0.2, 0) is 9.47 Å². The third-order valence-electron chi connectivity index (χ3n) is 0.897. The van der Waals surface area contributed by atoms with E-state index < -0.39 is 0 Å². The van der Waals surface area contributed by atoms with Gasteiger partial charge >= 0.3 is 0 Å². The van der Waals surface area contributed by atoms with Crippen LogP contribution in [0.25, 0.3) is 0 Å². The van der Waals surface area contributed by atoms with E-state index in [9.17, 15) is 0 Å². The fourth-order valence-electron chi connectivity index (χ4n) is 0.328. The highest BCUT2D eigenvalue weighted by Crippen LogP contribution is 2.00. The van der Waals surface area contributed by atoms with Gasteiger partial charge in [0.05, 0.1) is 0 Å². The van der Waals surface area contributed by atoms with Crippen molar-refractivity contribution >= 4 is 12.6 Å². The molecule has 0 aliphatic heterocycles. The van der Waals surface area contributed by atoms with Gasteiger partial charge in [-0.25, -0.2) is 0 Å². The molecule has 56 valence electrons. The van der Waals surface area contributed by atoms with Crippen molar-refractivity contribution in [1.29, 1.82) is 0 Å². The van der Waals surface area contributed by atoms with Gasteiger partial charge in [0.2, 0.25) is 0 Å². The molecule has 3 heteroatoms. The predicted octanol–water partition coefficient (Wildman–Crippen LogP) is 1.66. The minimum atomic E-state index is 0.0246. The summed E-state index contributed by atoms with van der Waals surface area (Å²) in [6.45, 7) is 5.01. The van der Waals surface area contributed by atoms with E-state index in [4.69, 9.17) is 9.47 Å². The van der Waals surface area contributed by atoms with E-state index in [0.717, 1.165) is 6.42 Å². The molecule has 0 N–H and O–H groups in total. The van der Waals surface area contributed by atoms with Crippen molar-refractivity contribution in [3.05, 3.63) is 0 Å². The van der Waals surface area contributed by atoms with Crippen LogP contribution in [0.5, 0.6) is 0 Å². The van der Waals surface area contributed by atoms with Gasteiger partial charge in [0, 0.05) is 6.61 Å². The molecule has 2 nitrogen and oxygen atoms in total. The van der Waals surface area contributed by atoms with Crippen LogP contribution in [0, 0.1) is 0 Å². The zero-order chi connectivity index (χ0) is 7.11. The second-order valence-electron chi connectivity index (χ2n) is 1.64. The lowest BCUT2D eigenvalue weighted by Gasteiger charge is -2.08. The quantitative estimate of drug-likeness (QED) is 0.365. The maximum atomic E-state index is 5.07. The lowest BCUT2D eigenvalue weighted by Crippen LogP contribution is -2.07. The summed E-state index contributed by atoms with van der Waals surface area (Å²) in [6.07, 6.45) is 0.913. The Morgan fingerprint density at radius 2 is 2.11 bits per heavy atom. The number of hydrogen-bond donors (Lipinski definition) is 1. The van der Waals surface area contributed by atoms with Gasteiger partial charge in [-0.3, -0.25) is 0 Å². The van der Waals surface area contributed by atoms with Crippen LogP contribution in [-0.4, -0.2) is 18.8 Å². The molecule has 0 rings (SSSR count). The van der Waals surface area contributed by atoms with E-state index in [1.165, 1.54) is 0 Å². The summed E-state index contributed by atoms with van der Waals surface area (Å²) in [4.78, 5) is 0. The summed E-state index contributed by atoms with van der Waals surface area (Å²) in [5, 5.41) is 0. The number of ether oxygens (including phenoxy) is 2. The van der Waals surface area contributed by atoms with Crippen LogP contribution in [0.4, 0.5) is 0 Å². The third kappa shape index (κ3) is 6.15. The molecule has 0 bridgehead atoms. The second-order valence-corrected chi connectivity index (χ2v) is 2.22. The maximum absolute atomic E-state index is 5.07. The Bertz CT molecular complexity index is 59.0.